The number of hydrogen-bond donors (Lipinski definition) is 1. The van der Waals surface area contributed by atoms with Gasteiger partial charge in [0.1, 0.15) is 10.8 Å². The highest BCUT2D eigenvalue weighted by Crippen LogP contribution is 2.27. The first-order valence-electron chi connectivity index (χ1n) is 8.90. The molecular formula is C21H21N3O3S. The number of ether oxygens (including phenoxy) is 1. The summed E-state index contributed by atoms with van der Waals surface area (Å²) in [5, 5.41) is 12.0. The van der Waals surface area contributed by atoms with Crippen LogP contribution in [0.4, 0.5) is 5.13 Å². The zero-order valence-electron chi connectivity index (χ0n) is 15.9. The van der Waals surface area contributed by atoms with Gasteiger partial charge in [0.15, 0.2) is 12.4 Å². The van der Waals surface area contributed by atoms with Crippen molar-refractivity contribution in [2.75, 3.05) is 11.9 Å². The molecule has 0 bridgehead atoms. The number of carbonyl (C=O) groups excluding carboxylic acids is 2. The second-order valence-electron chi connectivity index (χ2n) is 6.61. The van der Waals surface area contributed by atoms with Crippen LogP contribution in [0.2, 0.25) is 0 Å². The summed E-state index contributed by atoms with van der Waals surface area (Å²) >= 11 is 1.31. The van der Waals surface area contributed by atoms with Crippen molar-refractivity contribution >= 4 is 28.2 Å². The van der Waals surface area contributed by atoms with E-state index in [1.807, 2.05) is 12.1 Å². The third-order valence-electron chi connectivity index (χ3n) is 4.13. The molecule has 0 aliphatic rings. The van der Waals surface area contributed by atoms with E-state index in [-0.39, 0.29) is 18.3 Å². The Bertz CT molecular complexity index is 963. The molecule has 0 spiro atoms. The number of rotatable bonds is 7. The summed E-state index contributed by atoms with van der Waals surface area (Å²) in [4.78, 5) is 23.3. The topological polar surface area (TPSA) is 81.2 Å². The molecular weight excluding hydrogens is 374 g/mol. The van der Waals surface area contributed by atoms with Gasteiger partial charge in [-0.2, -0.15) is 0 Å². The Balaban J connectivity index is 1.55. The van der Waals surface area contributed by atoms with Gasteiger partial charge in [-0.1, -0.05) is 49.4 Å². The van der Waals surface area contributed by atoms with E-state index in [2.05, 4.69) is 41.5 Å². The maximum absolute atomic E-state index is 12.1. The molecule has 3 rings (SSSR count). The van der Waals surface area contributed by atoms with Crippen molar-refractivity contribution in [1.82, 2.24) is 10.2 Å². The lowest BCUT2D eigenvalue weighted by Gasteiger charge is -2.06. The first kappa shape index (κ1) is 19.7. The Morgan fingerprint density at radius 1 is 1.04 bits per heavy atom. The lowest BCUT2D eigenvalue weighted by Crippen LogP contribution is -2.20. The van der Waals surface area contributed by atoms with Crippen molar-refractivity contribution in [2.45, 2.75) is 26.7 Å². The van der Waals surface area contributed by atoms with Gasteiger partial charge in [0.25, 0.3) is 5.91 Å². The van der Waals surface area contributed by atoms with E-state index in [9.17, 15) is 9.59 Å². The van der Waals surface area contributed by atoms with Crippen LogP contribution in [0.1, 0.15) is 42.6 Å². The minimum atomic E-state index is -0.325. The van der Waals surface area contributed by atoms with Crippen LogP contribution in [0.5, 0.6) is 5.75 Å². The van der Waals surface area contributed by atoms with Gasteiger partial charge in [0.05, 0.1) is 0 Å². The molecule has 28 heavy (non-hydrogen) atoms. The van der Waals surface area contributed by atoms with Crippen LogP contribution in [0.15, 0.2) is 48.5 Å². The molecule has 0 atom stereocenters. The van der Waals surface area contributed by atoms with Gasteiger partial charge in [-0.25, -0.2) is 0 Å². The first-order chi connectivity index (χ1) is 13.4. The second kappa shape index (κ2) is 8.75. The molecule has 1 aromatic heterocycles. The second-order valence-corrected chi connectivity index (χ2v) is 7.58. The van der Waals surface area contributed by atoms with Crippen molar-refractivity contribution in [3.8, 4) is 16.3 Å². The van der Waals surface area contributed by atoms with Crippen LogP contribution in [0.25, 0.3) is 10.6 Å². The summed E-state index contributed by atoms with van der Waals surface area (Å²) in [6.07, 6.45) is 0. The van der Waals surface area contributed by atoms with Crippen molar-refractivity contribution < 1.29 is 14.3 Å². The van der Waals surface area contributed by atoms with Gasteiger partial charge in [-0.15, -0.1) is 10.2 Å². The van der Waals surface area contributed by atoms with E-state index in [1.54, 1.807) is 24.3 Å². The molecule has 1 N–H and O–H groups in total. The van der Waals surface area contributed by atoms with Crippen molar-refractivity contribution in [1.29, 1.82) is 0 Å². The normalized spacial score (nSPS) is 10.7. The summed E-state index contributed by atoms with van der Waals surface area (Å²) in [7, 11) is 0. The SMILES string of the molecule is CC(=O)c1ccc(OCC(=O)Nc2nnc(-c3ccc(C(C)C)cc3)s2)cc1. The van der Waals surface area contributed by atoms with Crippen molar-refractivity contribution in [3.05, 3.63) is 59.7 Å². The van der Waals surface area contributed by atoms with Gasteiger partial charge in [-0.3, -0.25) is 14.9 Å². The smallest absolute Gasteiger partial charge is 0.264 e. The zero-order chi connectivity index (χ0) is 20.1. The minimum absolute atomic E-state index is 0.0183. The first-order valence-corrected chi connectivity index (χ1v) is 9.71. The molecule has 2 aromatic carbocycles. The number of nitrogens with zero attached hydrogens (tertiary/aromatic N) is 2. The molecule has 6 nitrogen and oxygen atoms in total. The quantitative estimate of drug-likeness (QED) is 0.594. The minimum Gasteiger partial charge on any atom is -0.484 e. The van der Waals surface area contributed by atoms with Crippen LogP contribution in [-0.4, -0.2) is 28.5 Å². The molecule has 0 saturated heterocycles. The maximum atomic E-state index is 12.1. The third kappa shape index (κ3) is 5.01. The number of nitrogens with one attached hydrogen (secondary N) is 1. The number of anilines is 1. The molecule has 0 saturated carbocycles. The van der Waals surface area contributed by atoms with Crippen molar-refractivity contribution in [2.24, 2.45) is 0 Å². The van der Waals surface area contributed by atoms with E-state index < -0.39 is 0 Å². The Morgan fingerprint density at radius 2 is 1.71 bits per heavy atom. The number of carbonyl (C=O) groups is 2. The van der Waals surface area contributed by atoms with Gasteiger partial charge >= 0.3 is 0 Å². The summed E-state index contributed by atoms with van der Waals surface area (Å²) in [6, 6.07) is 14.8. The van der Waals surface area contributed by atoms with Crippen LogP contribution in [-0.2, 0) is 4.79 Å². The fourth-order valence-electron chi connectivity index (χ4n) is 2.49. The molecule has 0 fully saturated rings. The average molecular weight is 395 g/mol. The molecule has 144 valence electrons. The number of hydrogen-bond acceptors (Lipinski definition) is 6. The van der Waals surface area contributed by atoms with Crippen LogP contribution in [0, 0.1) is 0 Å². The largest absolute Gasteiger partial charge is 0.484 e. The monoisotopic (exact) mass is 395 g/mol. The Kier molecular flexibility index (Phi) is 6.16. The number of amides is 1. The van der Waals surface area contributed by atoms with Crippen LogP contribution >= 0.6 is 11.3 Å². The van der Waals surface area contributed by atoms with Gasteiger partial charge in [-0.05, 0) is 42.7 Å². The molecule has 1 heterocycles. The Labute approximate surface area is 167 Å². The Hall–Kier alpha value is -3.06. The van der Waals surface area contributed by atoms with Gasteiger partial charge in [0, 0.05) is 11.1 Å². The van der Waals surface area contributed by atoms with E-state index in [1.165, 1.54) is 23.8 Å². The molecule has 0 unspecified atom stereocenters. The predicted molar refractivity (Wildman–Crippen MR) is 110 cm³/mol. The van der Waals surface area contributed by atoms with E-state index in [0.29, 0.717) is 22.4 Å². The maximum Gasteiger partial charge on any atom is 0.264 e. The average Bonchev–Trinajstić information content (AvgIpc) is 3.15. The lowest BCUT2D eigenvalue weighted by molar-refractivity contribution is -0.118. The summed E-state index contributed by atoms with van der Waals surface area (Å²) in [5.41, 5.74) is 2.82. The predicted octanol–water partition coefficient (Wildman–Crippen LogP) is 4.55. The van der Waals surface area contributed by atoms with Crippen molar-refractivity contribution in [3.63, 3.8) is 0 Å². The Morgan fingerprint density at radius 3 is 2.32 bits per heavy atom. The van der Waals surface area contributed by atoms with Gasteiger partial charge in [0.2, 0.25) is 5.13 Å². The number of Topliss-reactive ketones (excluding diaryl/α,β-unsaturated/α-hetero) is 1. The fourth-order valence-corrected chi connectivity index (χ4v) is 3.26. The highest BCUT2D eigenvalue weighted by Gasteiger charge is 2.11. The van der Waals surface area contributed by atoms with E-state index in [0.717, 1.165) is 10.6 Å². The van der Waals surface area contributed by atoms with E-state index >= 15 is 0 Å². The number of benzene rings is 2. The molecule has 1 amide bonds. The standard InChI is InChI=1S/C21H21N3O3S/c1-13(2)15-4-6-17(7-5-15)20-23-24-21(28-20)22-19(26)12-27-18-10-8-16(9-11-18)14(3)25/h4-11,13H,12H2,1-3H3,(H,22,24,26). The molecule has 3 aromatic rings. The summed E-state index contributed by atoms with van der Waals surface area (Å²) in [5.74, 6) is 0.643. The summed E-state index contributed by atoms with van der Waals surface area (Å²) < 4.78 is 5.43. The molecule has 7 heteroatoms. The number of ketones is 1. The molecule has 0 aliphatic carbocycles. The van der Waals surface area contributed by atoms with Gasteiger partial charge < -0.3 is 4.74 Å². The number of aromatic nitrogens is 2. The zero-order valence-corrected chi connectivity index (χ0v) is 16.7. The van der Waals surface area contributed by atoms with Crippen LogP contribution in [0.3, 0.4) is 0 Å². The van der Waals surface area contributed by atoms with Crippen LogP contribution < -0.4 is 10.1 Å². The highest BCUT2D eigenvalue weighted by atomic mass is 32.1. The summed E-state index contributed by atoms with van der Waals surface area (Å²) in [6.45, 7) is 5.64. The highest BCUT2D eigenvalue weighted by molar-refractivity contribution is 7.18. The molecule has 0 aliphatic heterocycles. The molecule has 0 radical (unpaired) electrons. The fraction of sp³-hybridized carbons (Fsp3) is 0.238. The van der Waals surface area contributed by atoms with E-state index in [4.69, 9.17) is 4.74 Å². The lowest BCUT2D eigenvalue weighted by atomic mass is 10.0. The third-order valence-corrected chi connectivity index (χ3v) is 5.01.